The summed E-state index contributed by atoms with van der Waals surface area (Å²) in [5.74, 6) is -1.63. The van der Waals surface area contributed by atoms with Crippen molar-refractivity contribution in [2.24, 2.45) is 5.73 Å². The Morgan fingerprint density at radius 2 is 1.95 bits per heavy atom. The molecule has 8 heteroatoms. The average Bonchev–Trinajstić information content (AvgIpc) is 2.41. The summed E-state index contributed by atoms with van der Waals surface area (Å²) in [5, 5.41) is 11.9. The summed E-state index contributed by atoms with van der Waals surface area (Å²) in [7, 11) is 0. The smallest absolute Gasteiger partial charge is 0.336 e. The Kier molecular flexibility index (Phi) is 3.94. The fourth-order valence-corrected chi connectivity index (χ4v) is 1.93. The topological polar surface area (TPSA) is 118 Å². The van der Waals surface area contributed by atoms with Crippen LogP contribution in [0.3, 0.4) is 0 Å². The van der Waals surface area contributed by atoms with E-state index in [0.29, 0.717) is 10.2 Å². The lowest BCUT2D eigenvalue weighted by atomic mass is 10.2. The van der Waals surface area contributed by atoms with E-state index in [2.05, 4.69) is 31.2 Å². The Balaban J connectivity index is 2.38. The molecule has 1 amide bonds. The maximum atomic E-state index is 11.2. The molecular weight excluding hydrogens is 328 g/mol. The van der Waals surface area contributed by atoms with Crippen molar-refractivity contribution >= 4 is 39.3 Å². The first kappa shape index (κ1) is 13.9. The molecule has 1 aromatic carbocycles. The zero-order valence-corrected chi connectivity index (χ0v) is 11.6. The van der Waals surface area contributed by atoms with E-state index in [1.807, 2.05) is 0 Å². The van der Waals surface area contributed by atoms with Crippen LogP contribution in [-0.4, -0.2) is 27.0 Å². The van der Waals surface area contributed by atoms with Gasteiger partial charge in [0.2, 0.25) is 0 Å². The van der Waals surface area contributed by atoms with Gasteiger partial charge in [0.05, 0.1) is 5.56 Å². The molecule has 0 radical (unpaired) electrons. The van der Waals surface area contributed by atoms with Gasteiger partial charge in [-0.3, -0.25) is 4.79 Å². The number of nitrogens with two attached hydrogens (primary N) is 1. The molecule has 0 spiro atoms. The Labute approximate surface area is 122 Å². The van der Waals surface area contributed by atoms with E-state index in [0.717, 1.165) is 0 Å². The first-order chi connectivity index (χ1) is 9.49. The van der Waals surface area contributed by atoms with Gasteiger partial charge in [-0.15, -0.1) is 0 Å². The number of benzene rings is 1. The molecule has 0 saturated heterocycles. The van der Waals surface area contributed by atoms with Crippen molar-refractivity contribution in [1.29, 1.82) is 0 Å². The SMILES string of the molecule is NC(=O)c1nccnc1Nc1ccc(Br)c(C(=O)O)c1. The Hall–Kier alpha value is -2.48. The fraction of sp³-hybridized carbons (Fsp3) is 0. The number of carbonyl (C=O) groups is 2. The van der Waals surface area contributed by atoms with Crippen molar-refractivity contribution in [3.63, 3.8) is 0 Å². The predicted octanol–water partition coefficient (Wildman–Crippen LogP) is 1.78. The van der Waals surface area contributed by atoms with Crippen LogP contribution in [0.15, 0.2) is 35.1 Å². The van der Waals surface area contributed by atoms with Crippen LogP contribution in [0, 0.1) is 0 Å². The average molecular weight is 337 g/mol. The molecule has 0 bridgehead atoms. The second kappa shape index (κ2) is 5.66. The highest BCUT2D eigenvalue weighted by molar-refractivity contribution is 9.10. The van der Waals surface area contributed by atoms with Crippen molar-refractivity contribution < 1.29 is 14.7 Å². The number of hydrogen-bond acceptors (Lipinski definition) is 5. The van der Waals surface area contributed by atoms with Crippen molar-refractivity contribution in [3.8, 4) is 0 Å². The zero-order valence-electron chi connectivity index (χ0n) is 10.0. The highest BCUT2D eigenvalue weighted by atomic mass is 79.9. The van der Waals surface area contributed by atoms with Crippen LogP contribution in [0.1, 0.15) is 20.8 Å². The lowest BCUT2D eigenvalue weighted by Gasteiger charge is -2.09. The summed E-state index contributed by atoms with van der Waals surface area (Å²) in [6.07, 6.45) is 2.74. The van der Waals surface area contributed by atoms with E-state index in [9.17, 15) is 9.59 Å². The van der Waals surface area contributed by atoms with E-state index >= 15 is 0 Å². The van der Waals surface area contributed by atoms with Gasteiger partial charge in [-0.05, 0) is 34.1 Å². The van der Waals surface area contributed by atoms with E-state index in [4.69, 9.17) is 10.8 Å². The van der Waals surface area contributed by atoms with E-state index in [1.54, 1.807) is 12.1 Å². The minimum Gasteiger partial charge on any atom is -0.478 e. The maximum absolute atomic E-state index is 11.2. The number of carboxylic acids is 1. The number of nitrogens with one attached hydrogen (secondary N) is 1. The third-order valence-electron chi connectivity index (χ3n) is 2.39. The third-order valence-corrected chi connectivity index (χ3v) is 3.08. The number of rotatable bonds is 4. The minimum atomic E-state index is -1.07. The van der Waals surface area contributed by atoms with Gasteiger partial charge < -0.3 is 16.2 Å². The first-order valence-corrected chi connectivity index (χ1v) is 6.19. The van der Waals surface area contributed by atoms with E-state index < -0.39 is 11.9 Å². The molecule has 0 saturated carbocycles. The van der Waals surface area contributed by atoms with Gasteiger partial charge in [-0.1, -0.05) is 0 Å². The molecule has 0 unspecified atom stereocenters. The van der Waals surface area contributed by atoms with E-state index in [-0.39, 0.29) is 17.1 Å². The highest BCUT2D eigenvalue weighted by Gasteiger charge is 2.13. The second-order valence-electron chi connectivity index (χ2n) is 3.74. The third kappa shape index (κ3) is 2.91. The second-order valence-corrected chi connectivity index (χ2v) is 4.60. The number of carboxylic acid groups (broad SMARTS) is 1. The summed E-state index contributed by atoms with van der Waals surface area (Å²) in [4.78, 5) is 30.0. The van der Waals surface area contributed by atoms with Crippen molar-refractivity contribution in [1.82, 2.24) is 9.97 Å². The quantitative estimate of drug-likeness (QED) is 0.783. The normalized spacial score (nSPS) is 10.1. The number of amides is 1. The van der Waals surface area contributed by atoms with Crippen LogP contribution >= 0.6 is 15.9 Å². The standard InChI is InChI=1S/C12H9BrN4O3/c13-8-2-1-6(5-7(8)12(19)20)17-11-9(10(14)18)15-3-4-16-11/h1-5H,(H2,14,18)(H,16,17)(H,19,20). The van der Waals surface area contributed by atoms with Gasteiger partial charge in [0.15, 0.2) is 11.5 Å². The molecule has 0 aliphatic rings. The molecule has 1 aromatic heterocycles. The van der Waals surface area contributed by atoms with Crippen molar-refractivity contribution in [2.75, 3.05) is 5.32 Å². The molecule has 7 nitrogen and oxygen atoms in total. The van der Waals surface area contributed by atoms with Crippen LogP contribution < -0.4 is 11.1 Å². The Bertz CT molecular complexity index is 690. The summed E-state index contributed by atoms with van der Waals surface area (Å²) in [6, 6.07) is 4.62. The molecule has 0 fully saturated rings. The molecule has 0 atom stereocenters. The molecule has 1 heterocycles. The minimum absolute atomic E-state index is 0.0210. The molecule has 20 heavy (non-hydrogen) atoms. The molecule has 102 valence electrons. The predicted molar refractivity (Wildman–Crippen MR) is 74.9 cm³/mol. The number of halogens is 1. The highest BCUT2D eigenvalue weighted by Crippen LogP contribution is 2.23. The lowest BCUT2D eigenvalue weighted by molar-refractivity contribution is 0.0695. The maximum Gasteiger partial charge on any atom is 0.336 e. The molecule has 4 N–H and O–H groups in total. The van der Waals surface area contributed by atoms with Crippen LogP contribution in [0.25, 0.3) is 0 Å². The van der Waals surface area contributed by atoms with Gasteiger partial charge in [-0.2, -0.15) is 0 Å². The molecule has 0 aliphatic carbocycles. The number of aromatic carboxylic acids is 1. The van der Waals surface area contributed by atoms with Crippen molar-refractivity contribution in [2.45, 2.75) is 0 Å². The molecule has 2 rings (SSSR count). The Morgan fingerprint density at radius 1 is 1.25 bits per heavy atom. The Morgan fingerprint density at radius 3 is 2.60 bits per heavy atom. The summed E-state index contributed by atoms with van der Waals surface area (Å²) < 4.78 is 0.449. The van der Waals surface area contributed by atoms with Gasteiger partial charge in [-0.25, -0.2) is 14.8 Å². The summed E-state index contributed by atoms with van der Waals surface area (Å²) >= 11 is 3.14. The lowest BCUT2D eigenvalue weighted by Crippen LogP contribution is -2.16. The molecule has 0 aliphatic heterocycles. The fourth-order valence-electron chi connectivity index (χ4n) is 1.51. The van der Waals surface area contributed by atoms with Crippen LogP contribution in [0.4, 0.5) is 11.5 Å². The molecule has 2 aromatic rings. The summed E-state index contributed by atoms with van der Waals surface area (Å²) in [6.45, 7) is 0. The van der Waals surface area contributed by atoms with Gasteiger partial charge >= 0.3 is 5.97 Å². The van der Waals surface area contributed by atoms with Crippen molar-refractivity contribution in [3.05, 3.63) is 46.3 Å². The largest absolute Gasteiger partial charge is 0.478 e. The van der Waals surface area contributed by atoms with Gasteiger partial charge in [0.25, 0.3) is 5.91 Å². The van der Waals surface area contributed by atoms with Crippen LogP contribution in [0.2, 0.25) is 0 Å². The number of nitrogens with zero attached hydrogens (tertiary/aromatic N) is 2. The number of hydrogen-bond donors (Lipinski definition) is 3. The van der Waals surface area contributed by atoms with Gasteiger partial charge in [0, 0.05) is 22.6 Å². The first-order valence-electron chi connectivity index (χ1n) is 5.39. The van der Waals surface area contributed by atoms with E-state index in [1.165, 1.54) is 18.5 Å². The zero-order chi connectivity index (χ0) is 14.7. The number of primary amides is 1. The number of anilines is 2. The van der Waals surface area contributed by atoms with Crippen LogP contribution in [0.5, 0.6) is 0 Å². The summed E-state index contributed by atoms with van der Waals surface area (Å²) in [5.41, 5.74) is 5.70. The van der Waals surface area contributed by atoms with Gasteiger partial charge in [0.1, 0.15) is 0 Å². The number of carbonyl (C=O) groups excluding carboxylic acids is 1. The molecular formula is C12H9BrN4O3. The van der Waals surface area contributed by atoms with Crippen LogP contribution in [-0.2, 0) is 0 Å². The monoisotopic (exact) mass is 336 g/mol. The number of aromatic nitrogens is 2.